The van der Waals surface area contributed by atoms with E-state index in [1.165, 1.54) is 5.56 Å². The Labute approximate surface area is 153 Å². The number of aromatic nitrogens is 3. The average Bonchev–Trinajstić information content (AvgIpc) is 2.59. The lowest BCUT2D eigenvalue weighted by atomic mass is 10.1. The monoisotopic (exact) mass is 349 g/mol. The molecular weight excluding hydrogens is 326 g/mol. The highest BCUT2D eigenvalue weighted by atomic mass is 16.5. The van der Waals surface area contributed by atoms with Crippen LogP contribution in [-0.2, 0) is 0 Å². The van der Waals surface area contributed by atoms with Crippen LogP contribution in [0, 0.1) is 27.7 Å². The molecule has 6 heteroatoms. The van der Waals surface area contributed by atoms with Crippen molar-refractivity contribution >= 4 is 23.1 Å². The molecule has 0 saturated carbocycles. The number of benzene rings is 2. The van der Waals surface area contributed by atoms with Gasteiger partial charge in [-0.15, -0.1) is 5.10 Å². The SMILES string of the molecule is COc1ccc(C)cc1Nc1nncc(Nc2c(C)cc(C)cc2C)n1. The van der Waals surface area contributed by atoms with Crippen LogP contribution in [0.5, 0.6) is 5.75 Å². The van der Waals surface area contributed by atoms with E-state index in [4.69, 9.17) is 4.74 Å². The van der Waals surface area contributed by atoms with E-state index in [9.17, 15) is 0 Å². The van der Waals surface area contributed by atoms with E-state index in [1.54, 1.807) is 13.3 Å². The van der Waals surface area contributed by atoms with Gasteiger partial charge in [-0.3, -0.25) is 0 Å². The van der Waals surface area contributed by atoms with Crippen molar-refractivity contribution in [3.63, 3.8) is 0 Å². The first-order chi connectivity index (χ1) is 12.5. The number of methoxy groups -OCH3 is 1. The van der Waals surface area contributed by atoms with Crippen LogP contribution in [0.4, 0.5) is 23.1 Å². The second-order valence-electron chi connectivity index (χ2n) is 6.39. The van der Waals surface area contributed by atoms with Crippen molar-refractivity contribution in [1.29, 1.82) is 0 Å². The number of hydrogen-bond acceptors (Lipinski definition) is 6. The number of ether oxygens (including phenoxy) is 1. The molecule has 0 aliphatic carbocycles. The summed E-state index contributed by atoms with van der Waals surface area (Å²) in [4.78, 5) is 4.52. The fourth-order valence-corrected chi connectivity index (χ4v) is 2.96. The van der Waals surface area contributed by atoms with Gasteiger partial charge in [0.15, 0.2) is 5.82 Å². The minimum absolute atomic E-state index is 0.404. The van der Waals surface area contributed by atoms with Crippen molar-refractivity contribution in [2.45, 2.75) is 27.7 Å². The molecule has 1 heterocycles. The molecule has 0 amide bonds. The van der Waals surface area contributed by atoms with Crippen LogP contribution < -0.4 is 15.4 Å². The second-order valence-corrected chi connectivity index (χ2v) is 6.39. The molecule has 0 bridgehead atoms. The van der Waals surface area contributed by atoms with Gasteiger partial charge < -0.3 is 15.4 Å². The molecule has 6 nitrogen and oxygen atoms in total. The number of hydrogen-bond donors (Lipinski definition) is 2. The molecule has 0 aliphatic rings. The maximum atomic E-state index is 5.39. The molecule has 2 aromatic carbocycles. The normalized spacial score (nSPS) is 10.5. The highest BCUT2D eigenvalue weighted by Crippen LogP contribution is 2.28. The Morgan fingerprint density at radius 3 is 2.31 bits per heavy atom. The van der Waals surface area contributed by atoms with E-state index in [1.807, 2.05) is 25.1 Å². The first-order valence-corrected chi connectivity index (χ1v) is 8.42. The van der Waals surface area contributed by atoms with E-state index in [0.29, 0.717) is 11.8 Å². The number of anilines is 4. The molecule has 0 aliphatic heterocycles. The second kappa shape index (κ2) is 7.39. The largest absolute Gasteiger partial charge is 0.495 e. The first-order valence-electron chi connectivity index (χ1n) is 8.42. The molecule has 0 atom stereocenters. The van der Waals surface area contributed by atoms with Gasteiger partial charge in [0.05, 0.1) is 19.0 Å². The summed E-state index contributed by atoms with van der Waals surface area (Å²) >= 11 is 0. The van der Waals surface area contributed by atoms with E-state index >= 15 is 0 Å². The smallest absolute Gasteiger partial charge is 0.249 e. The van der Waals surface area contributed by atoms with Crippen molar-refractivity contribution in [1.82, 2.24) is 15.2 Å². The van der Waals surface area contributed by atoms with Crippen molar-refractivity contribution < 1.29 is 4.74 Å². The lowest BCUT2D eigenvalue weighted by Gasteiger charge is -2.14. The third-order valence-electron chi connectivity index (χ3n) is 4.09. The summed E-state index contributed by atoms with van der Waals surface area (Å²) in [5, 5.41) is 14.7. The van der Waals surface area contributed by atoms with Crippen LogP contribution in [0.3, 0.4) is 0 Å². The molecule has 0 radical (unpaired) electrons. The zero-order valence-corrected chi connectivity index (χ0v) is 15.7. The zero-order chi connectivity index (χ0) is 18.7. The van der Waals surface area contributed by atoms with Gasteiger partial charge in [0, 0.05) is 5.69 Å². The fourth-order valence-electron chi connectivity index (χ4n) is 2.96. The van der Waals surface area contributed by atoms with Gasteiger partial charge in [-0.1, -0.05) is 23.8 Å². The molecule has 2 N–H and O–H groups in total. The number of nitrogens with one attached hydrogen (secondary N) is 2. The molecule has 26 heavy (non-hydrogen) atoms. The van der Waals surface area contributed by atoms with Crippen LogP contribution in [-0.4, -0.2) is 22.3 Å². The minimum Gasteiger partial charge on any atom is -0.495 e. The summed E-state index contributed by atoms with van der Waals surface area (Å²) in [6.45, 7) is 8.26. The summed E-state index contributed by atoms with van der Waals surface area (Å²) in [6.07, 6.45) is 1.61. The van der Waals surface area contributed by atoms with E-state index < -0.39 is 0 Å². The number of nitrogens with zero attached hydrogens (tertiary/aromatic N) is 3. The van der Waals surface area contributed by atoms with Crippen LogP contribution in [0.25, 0.3) is 0 Å². The fraction of sp³-hybridized carbons (Fsp3) is 0.250. The van der Waals surface area contributed by atoms with E-state index in [0.717, 1.165) is 33.8 Å². The Bertz CT molecular complexity index is 916. The van der Waals surface area contributed by atoms with Gasteiger partial charge in [-0.2, -0.15) is 10.1 Å². The Balaban J connectivity index is 1.87. The molecule has 3 rings (SSSR count). The van der Waals surface area contributed by atoms with Crippen molar-refractivity contribution in [3.05, 3.63) is 58.8 Å². The molecule has 0 unspecified atom stereocenters. The Morgan fingerprint density at radius 1 is 0.885 bits per heavy atom. The molecule has 0 saturated heterocycles. The first kappa shape index (κ1) is 17.7. The van der Waals surface area contributed by atoms with Crippen molar-refractivity contribution in [2.75, 3.05) is 17.7 Å². The minimum atomic E-state index is 0.404. The number of aryl methyl sites for hydroxylation is 4. The third-order valence-corrected chi connectivity index (χ3v) is 4.09. The molecule has 0 spiro atoms. The maximum absolute atomic E-state index is 5.39. The highest BCUT2D eigenvalue weighted by molar-refractivity contribution is 5.67. The molecule has 3 aromatic rings. The van der Waals surface area contributed by atoms with Gasteiger partial charge in [0.25, 0.3) is 0 Å². The lowest BCUT2D eigenvalue weighted by Crippen LogP contribution is -2.05. The summed E-state index contributed by atoms with van der Waals surface area (Å²) < 4.78 is 5.39. The van der Waals surface area contributed by atoms with Crippen molar-refractivity contribution in [3.8, 4) is 5.75 Å². The van der Waals surface area contributed by atoms with Gasteiger partial charge in [-0.05, 0) is 56.5 Å². The molecule has 0 fully saturated rings. The van der Waals surface area contributed by atoms with E-state index in [-0.39, 0.29) is 0 Å². The number of rotatable bonds is 5. The van der Waals surface area contributed by atoms with Crippen molar-refractivity contribution in [2.24, 2.45) is 0 Å². The maximum Gasteiger partial charge on any atom is 0.249 e. The molecule has 1 aromatic heterocycles. The van der Waals surface area contributed by atoms with Gasteiger partial charge in [0.2, 0.25) is 5.95 Å². The van der Waals surface area contributed by atoms with E-state index in [2.05, 4.69) is 58.7 Å². The Hall–Kier alpha value is -3.15. The predicted molar refractivity (Wildman–Crippen MR) is 105 cm³/mol. The van der Waals surface area contributed by atoms with Gasteiger partial charge >= 0.3 is 0 Å². The van der Waals surface area contributed by atoms with Crippen LogP contribution in [0.2, 0.25) is 0 Å². The third kappa shape index (κ3) is 3.91. The van der Waals surface area contributed by atoms with Gasteiger partial charge in [-0.25, -0.2) is 0 Å². The highest BCUT2D eigenvalue weighted by Gasteiger charge is 2.09. The molecule has 134 valence electrons. The summed E-state index contributed by atoms with van der Waals surface area (Å²) in [5.74, 6) is 1.76. The van der Waals surface area contributed by atoms with Crippen LogP contribution in [0.15, 0.2) is 36.5 Å². The Kier molecular flexibility index (Phi) is 5.02. The molecular formula is C20H23N5O. The predicted octanol–water partition coefficient (Wildman–Crippen LogP) is 4.60. The average molecular weight is 349 g/mol. The van der Waals surface area contributed by atoms with Crippen LogP contribution >= 0.6 is 0 Å². The van der Waals surface area contributed by atoms with Crippen LogP contribution in [0.1, 0.15) is 22.3 Å². The summed E-state index contributed by atoms with van der Waals surface area (Å²) in [5.41, 5.74) is 6.51. The Morgan fingerprint density at radius 2 is 1.62 bits per heavy atom. The zero-order valence-electron chi connectivity index (χ0n) is 15.7. The van der Waals surface area contributed by atoms with Gasteiger partial charge in [0.1, 0.15) is 5.75 Å². The summed E-state index contributed by atoms with van der Waals surface area (Å²) in [7, 11) is 1.63. The summed E-state index contributed by atoms with van der Waals surface area (Å²) in [6, 6.07) is 10.2. The standard InChI is InChI=1S/C20H23N5O/c1-12-6-7-17(26-5)16(10-12)22-20-24-18(11-21-25-20)23-19-14(3)8-13(2)9-15(19)4/h6-11H,1-5H3,(H2,22,23,24,25). The topological polar surface area (TPSA) is 72.0 Å². The lowest BCUT2D eigenvalue weighted by molar-refractivity contribution is 0.416. The quantitative estimate of drug-likeness (QED) is 0.701.